The maximum atomic E-state index is 13.7. The molecule has 1 aromatic heterocycles. The third-order valence-corrected chi connectivity index (χ3v) is 6.28. The Labute approximate surface area is 200 Å². The SMILES string of the molecule is Cc1[nH]c(/C=C2\C(=O)Nc3ccc(F)cc32)c(C)c1OC(=O)NC1CON(C[C@H]2CCCO2)C1=O. The molecule has 0 aliphatic carbocycles. The summed E-state index contributed by atoms with van der Waals surface area (Å²) in [6, 6.07) is 3.21. The van der Waals surface area contributed by atoms with Crippen molar-refractivity contribution in [3.05, 3.63) is 46.5 Å². The van der Waals surface area contributed by atoms with Gasteiger partial charge < -0.3 is 25.1 Å². The Kier molecular flexibility index (Phi) is 6.03. The van der Waals surface area contributed by atoms with E-state index < -0.39 is 18.0 Å². The molecule has 184 valence electrons. The van der Waals surface area contributed by atoms with Crippen molar-refractivity contribution in [1.29, 1.82) is 0 Å². The molecule has 3 N–H and O–H groups in total. The van der Waals surface area contributed by atoms with E-state index in [2.05, 4.69) is 15.6 Å². The minimum Gasteiger partial charge on any atom is -0.408 e. The average Bonchev–Trinajstić information content (AvgIpc) is 3.57. The van der Waals surface area contributed by atoms with Crippen molar-refractivity contribution in [2.24, 2.45) is 0 Å². The molecule has 5 rings (SSSR count). The number of aryl methyl sites for hydroxylation is 1. The summed E-state index contributed by atoms with van der Waals surface area (Å²) >= 11 is 0. The molecule has 35 heavy (non-hydrogen) atoms. The molecule has 0 spiro atoms. The summed E-state index contributed by atoms with van der Waals surface area (Å²) in [6.07, 6.45) is 2.53. The predicted octanol–water partition coefficient (Wildman–Crippen LogP) is 2.67. The fourth-order valence-electron chi connectivity index (χ4n) is 4.46. The van der Waals surface area contributed by atoms with Crippen LogP contribution >= 0.6 is 0 Å². The van der Waals surface area contributed by atoms with E-state index >= 15 is 0 Å². The Balaban J connectivity index is 1.27. The molecule has 0 radical (unpaired) electrons. The second kappa shape index (κ2) is 9.16. The van der Waals surface area contributed by atoms with Crippen molar-refractivity contribution in [1.82, 2.24) is 15.4 Å². The van der Waals surface area contributed by atoms with Gasteiger partial charge in [-0.3, -0.25) is 14.4 Å². The highest BCUT2D eigenvalue weighted by atomic mass is 19.1. The number of aromatic nitrogens is 1. The van der Waals surface area contributed by atoms with Crippen LogP contribution < -0.4 is 15.4 Å². The smallest absolute Gasteiger partial charge is 0.408 e. The largest absolute Gasteiger partial charge is 0.413 e. The number of benzene rings is 1. The number of nitrogens with zero attached hydrogens (tertiary/aromatic N) is 1. The molecule has 3 aliphatic heterocycles. The number of hydrogen-bond donors (Lipinski definition) is 3. The number of amides is 3. The molecule has 2 fully saturated rings. The van der Waals surface area contributed by atoms with Crippen LogP contribution in [0.2, 0.25) is 0 Å². The van der Waals surface area contributed by atoms with Gasteiger partial charge in [0.25, 0.3) is 11.8 Å². The molecular weight excluding hydrogens is 459 g/mol. The maximum Gasteiger partial charge on any atom is 0.413 e. The first-order valence-corrected chi connectivity index (χ1v) is 11.4. The zero-order valence-corrected chi connectivity index (χ0v) is 19.3. The van der Waals surface area contributed by atoms with E-state index in [1.807, 2.05) is 0 Å². The number of ether oxygens (including phenoxy) is 2. The fraction of sp³-hybridized carbons (Fsp3) is 0.375. The standard InChI is InChI=1S/C24H25FN4O6/c1-12-19(9-17-16-8-14(25)5-6-18(16)27-22(17)30)26-13(2)21(12)35-24(32)28-20-11-34-29(23(20)31)10-15-4-3-7-33-15/h5-6,8-9,15,20,26H,3-4,7,10-11H2,1-2H3,(H,27,30)(H,28,32)/b17-9-/t15-,20?/m1/s1. The topological polar surface area (TPSA) is 122 Å². The van der Waals surface area contributed by atoms with Crippen LogP contribution in [-0.2, 0) is 19.2 Å². The predicted molar refractivity (Wildman–Crippen MR) is 123 cm³/mol. The number of carbonyl (C=O) groups excluding carboxylic acids is 3. The number of aromatic amines is 1. The van der Waals surface area contributed by atoms with Gasteiger partial charge in [-0.2, -0.15) is 0 Å². The molecule has 1 unspecified atom stereocenters. The molecule has 0 bridgehead atoms. The highest BCUT2D eigenvalue weighted by Crippen LogP contribution is 2.35. The molecule has 0 saturated carbocycles. The van der Waals surface area contributed by atoms with Gasteiger partial charge in [0.05, 0.1) is 23.9 Å². The van der Waals surface area contributed by atoms with E-state index in [4.69, 9.17) is 14.3 Å². The van der Waals surface area contributed by atoms with Gasteiger partial charge in [0.2, 0.25) is 0 Å². The number of hydroxylamine groups is 2. The molecule has 2 atom stereocenters. The summed E-state index contributed by atoms with van der Waals surface area (Å²) in [5.74, 6) is -0.894. The van der Waals surface area contributed by atoms with Crippen LogP contribution in [0, 0.1) is 19.7 Å². The van der Waals surface area contributed by atoms with Crippen molar-refractivity contribution in [2.45, 2.75) is 38.8 Å². The van der Waals surface area contributed by atoms with E-state index in [0.717, 1.165) is 12.8 Å². The van der Waals surface area contributed by atoms with Gasteiger partial charge in [-0.05, 0) is 51.0 Å². The van der Waals surface area contributed by atoms with E-state index in [9.17, 15) is 18.8 Å². The molecule has 1 aromatic carbocycles. The molecule has 3 amide bonds. The number of H-pyrrole nitrogens is 1. The molecular formula is C24H25FN4O6. The second-order valence-corrected chi connectivity index (χ2v) is 8.74. The minimum atomic E-state index is -0.862. The Hall–Kier alpha value is -3.70. The highest BCUT2D eigenvalue weighted by molar-refractivity contribution is 6.34. The van der Waals surface area contributed by atoms with Crippen LogP contribution in [0.4, 0.5) is 14.9 Å². The Morgan fingerprint density at radius 2 is 2.17 bits per heavy atom. The van der Waals surface area contributed by atoms with Crippen LogP contribution in [0.25, 0.3) is 11.6 Å². The summed E-state index contributed by atoms with van der Waals surface area (Å²) in [5, 5.41) is 6.47. The normalized spacial score (nSPS) is 22.6. The monoisotopic (exact) mass is 484 g/mol. The highest BCUT2D eigenvalue weighted by Gasteiger charge is 2.37. The van der Waals surface area contributed by atoms with Crippen LogP contribution in [0.1, 0.15) is 35.4 Å². The third kappa shape index (κ3) is 4.52. The van der Waals surface area contributed by atoms with Crippen LogP contribution in [0.3, 0.4) is 0 Å². The summed E-state index contributed by atoms with van der Waals surface area (Å²) in [4.78, 5) is 46.1. The first-order valence-electron chi connectivity index (χ1n) is 11.4. The lowest BCUT2D eigenvalue weighted by atomic mass is 10.0. The quantitative estimate of drug-likeness (QED) is 0.561. The lowest BCUT2D eigenvalue weighted by molar-refractivity contribution is -0.168. The van der Waals surface area contributed by atoms with Crippen molar-refractivity contribution in [3.63, 3.8) is 0 Å². The van der Waals surface area contributed by atoms with Crippen molar-refractivity contribution >= 4 is 35.2 Å². The van der Waals surface area contributed by atoms with Gasteiger partial charge in [-0.25, -0.2) is 14.2 Å². The summed E-state index contributed by atoms with van der Waals surface area (Å²) in [6.45, 7) is 4.44. The number of fused-ring (bicyclic) bond motifs is 1. The van der Waals surface area contributed by atoms with Gasteiger partial charge >= 0.3 is 6.09 Å². The first kappa shape index (κ1) is 23.1. The van der Waals surface area contributed by atoms with E-state index in [1.54, 1.807) is 19.9 Å². The third-order valence-electron chi connectivity index (χ3n) is 6.28. The molecule has 4 heterocycles. The number of anilines is 1. The summed E-state index contributed by atoms with van der Waals surface area (Å²) < 4.78 is 24.8. The van der Waals surface area contributed by atoms with Gasteiger partial charge in [-0.15, -0.1) is 0 Å². The fourth-order valence-corrected chi connectivity index (χ4v) is 4.46. The van der Waals surface area contributed by atoms with Crippen LogP contribution in [0.5, 0.6) is 5.75 Å². The van der Waals surface area contributed by atoms with E-state index in [0.29, 0.717) is 46.9 Å². The molecule has 2 saturated heterocycles. The van der Waals surface area contributed by atoms with Gasteiger partial charge in [0.15, 0.2) is 5.75 Å². The van der Waals surface area contributed by atoms with Crippen LogP contribution in [-0.4, -0.2) is 59.9 Å². The van der Waals surface area contributed by atoms with E-state index in [1.165, 1.54) is 23.3 Å². The Bertz CT molecular complexity index is 1230. The first-order chi connectivity index (χ1) is 16.8. The zero-order valence-electron chi connectivity index (χ0n) is 19.3. The van der Waals surface area contributed by atoms with Crippen LogP contribution in [0.15, 0.2) is 18.2 Å². The van der Waals surface area contributed by atoms with Gasteiger partial charge in [-0.1, -0.05) is 0 Å². The average molecular weight is 484 g/mol. The number of carbonyl (C=O) groups is 3. The van der Waals surface area contributed by atoms with Crippen molar-refractivity contribution in [2.75, 3.05) is 25.1 Å². The van der Waals surface area contributed by atoms with Gasteiger partial charge in [0.1, 0.15) is 18.5 Å². The second-order valence-electron chi connectivity index (χ2n) is 8.74. The zero-order chi connectivity index (χ0) is 24.7. The van der Waals surface area contributed by atoms with Gasteiger partial charge in [0, 0.05) is 29.1 Å². The van der Waals surface area contributed by atoms with E-state index in [-0.39, 0.29) is 30.3 Å². The van der Waals surface area contributed by atoms with Crippen molar-refractivity contribution in [3.8, 4) is 5.75 Å². The summed E-state index contributed by atoms with van der Waals surface area (Å²) in [7, 11) is 0. The number of halogens is 1. The number of hydrogen-bond acceptors (Lipinski definition) is 6. The maximum absolute atomic E-state index is 13.7. The summed E-state index contributed by atoms with van der Waals surface area (Å²) in [5.41, 5.74) is 2.94. The van der Waals surface area contributed by atoms with Crippen molar-refractivity contribution < 1.29 is 33.1 Å². The Morgan fingerprint density at radius 1 is 1.34 bits per heavy atom. The molecule has 3 aliphatic rings. The number of nitrogens with one attached hydrogen (secondary N) is 3. The Morgan fingerprint density at radius 3 is 2.94 bits per heavy atom. The number of rotatable bonds is 5. The minimum absolute atomic E-state index is 0.00812. The molecule has 10 nitrogen and oxygen atoms in total. The lowest BCUT2D eigenvalue weighted by Gasteiger charge is -2.18. The molecule has 11 heteroatoms. The lowest BCUT2D eigenvalue weighted by Crippen LogP contribution is -2.45. The molecule has 2 aromatic rings.